The van der Waals surface area contributed by atoms with E-state index >= 15 is 0 Å². The predicted octanol–water partition coefficient (Wildman–Crippen LogP) is 2.61. The molecule has 1 heterocycles. The van der Waals surface area contributed by atoms with Gasteiger partial charge in [-0.25, -0.2) is 0 Å². The molecule has 0 aliphatic carbocycles. The second-order valence-electron chi connectivity index (χ2n) is 5.97. The maximum Gasteiger partial charge on any atom is 0.144 e. The average Bonchev–Trinajstić information content (AvgIpc) is 1.97. The van der Waals surface area contributed by atoms with Crippen molar-refractivity contribution in [2.75, 3.05) is 6.54 Å². The van der Waals surface area contributed by atoms with Gasteiger partial charge in [0.05, 0.1) is 0 Å². The lowest BCUT2D eigenvalue weighted by atomic mass is 9.55. The molecule has 0 aromatic rings. The zero-order valence-corrected chi connectivity index (χ0v) is 10.9. The number of hydrogen-bond acceptors (Lipinski definition) is 1. The summed E-state index contributed by atoms with van der Waals surface area (Å²) in [7, 11) is 3.72. The molecule has 13 heavy (non-hydrogen) atoms. The lowest BCUT2D eigenvalue weighted by Crippen LogP contribution is -2.63. The fourth-order valence-corrected chi connectivity index (χ4v) is 2.54. The monoisotopic (exact) mass is 196 g/mol. The maximum absolute atomic E-state index is 3.72. The number of rotatable bonds is 0. The molecule has 0 unspecified atom stereocenters. The highest BCUT2D eigenvalue weighted by Crippen LogP contribution is 2.53. The minimum atomic E-state index is 0.214. The summed E-state index contributed by atoms with van der Waals surface area (Å²) >= 11 is 0. The Labute approximate surface area is 86.4 Å². The molecule has 0 spiro atoms. The van der Waals surface area contributed by atoms with Crippen LogP contribution in [0.4, 0.5) is 0 Å². The Morgan fingerprint density at radius 2 is 1.46 bits per heavy atom. The average molecular weight is 196 g/mol. The predicted molar refractivity (Wildman–Crippen MR) is 58.7 cm³/mol. The zero-order chi connectivity index (χ0) is 10.5. The van der Waals surface area contributed by atoms with Crippen LogP contribution in [0.1, 0.15) is 48.0 Å². The first-order chi connectivity index (χ1) is 5.63. The quantitative estimate of drug-likeness (QED) is 0.538. The molecule has 0 saturated carbocycles. The molecule has 0 aromatic carbocycles. The summed E-state index contributed by atoms with van der Waals surface area (Å²) in [5, 5.41) is 0. The smallest absolute Gasteiger partial charge is 0.144 e. The summed E-state index contributed by atoms with van der Waals surface area (Å²) < 4.78 is 2.30. The highest BCUT2D eigenvalue weighted by Gasteiger charge is 2.52. The van der Waals surface area contributed by atoms with Crippen molar-refractivity contribution in [3.8, 4) is 0 Å². The van der Waals surface area contributed by atoms with Crippen molar-refractivity contribution in [1.82, 2.24) is 4.57 Å². The van der Waals surface area contributed by atoms with Gasteiger partial charge in [-0.2, -0.15) is 0 Å². The fourth-order valence-electron chi connectivity index (χ4n) is 2.15. The number of nitrogens with zero attached hydrogens (tertiary/aromatic N) is 1. The first-order valence-corrected chi connectivity index (χ1v) is 5.56. The van der Waals surface area contributed by atoms with Crippen molar-refractivity contribution < 1.29 is 0 Å². The van der Waals surface area contributed by atoms with Gasteiger partial charge in [0.2, 0.25) is 0 Å². The Morgan fingerprint density at radius 3 is 1.85 bits per heavy atom. The number of piperidine rings is 1. The molecular weight excluding hydrogens is 174 g/mol. The van der Waals surface area contributed by atoms with E-state index in [1.807, 2.05) is 0 Å². The van der Waals surface area contributed by atoms with Gasteiger partial charge < -0.3 is 4.57 Å². The normalized spacial score (nSPS) is 31.6. The van der Waals surface area contributed by atoms with Crippen LogP contribution >= 0.6 is 0 Å². The second kappa shape index (κ2) is 2.83. The third kappa shape index (κ3) is 1.38. The largest absolute Gasteiger partial charge is 0.321 e. The van der Waals surface area contributed by atoms with Crippen LogP contribution in [-0.2, 0) is 0 Å². The zero-order valence-electron chi connectivity index (χ0n) is 9.86. The van der Waals surface area contributed by atoms with Gasteiger partial charge in [0.15, 0.2) is 0 Å². The molecule has 0 aromatic heterocycles. The van der Waals surface area contributed by atoms with Crippen LogP contribution in [0.15, 0.2) is 0 Å². The summed E-state index contributed by atoms with van der Waals surface area (Å²) in [6.07, 6.45) is 1.26. The van der Waals surface area contributed by atoms with E-state index < -0.39 is 0 Å². The summed E-state index contributed by atoms with van der Waals surface area (Å²) in [4.78, 5) is 0. The maximum atomic E-state index is 3.72. The minimum absolute atomic E-state index is 0.214. The lowest BCUT2D eigenvalue weighted by Gasteiger charge is -2.60. The van der Waals surface area contributed by atoms with Crippen molar-refractivity contribution in [3.05, 3.63) is 0 Å². The van der Waals surface area contributed by atoms with Crippen LogP contribution in [0.2, 0.25) is 0 Å². The molecule has 0 N–H and O–H groups in total. The highest BCUT2D eigenvalue weighted by atomic mass is 28.2. The molecule has 1 aliphatic heterocycles. The molecule has 1 fully saturated rings. The van der Waals surface area contributed by atoms with Gasteiger partial charge in [-0.15, -0.1) is 0 Å². The lowest BCUT2D eigenvalue weighted by molar-refractivity contribution is -0.0742. The summed E-state index contributed by atoms with van der Waals surface area (Å²) in [5.41, 5.74) is 0.950. The Hall–Kier alpha value is 0.177. The van der Waals surface area contributed by atoms with E-state index in [2.05, 4.69) is 56.5 Å². The summed E-state index contributed by atoms with van der Waals surface area (Å²) in [6.45, 7) is 15.3. The van der Waals surface area contributed by atoms with Gasteiger partial charge in [-0.05, 0) is 37.6 Å². The Bertz CT molecular complexity index is 206. The van der Waals surface area contributed by atoms with Gasteiger partial charge in [0.25, 0.3) is 0 Å². The highest BCUT2D eigenvalue weighted by molar-refractivity contribution is 6.05. The van der Waals surface area contributed by atoms with E-state index in [0.717, 1.165) is 6.54 Å². The molecule has 1 saturated heterocycles. The molecule has 3 radical (unpaired) electrons. The molecule has 1 nitrogen and oxygen atoms in total. The fraction of sp³-hybridized carbons (Fsp3) is 1.00. The van der Waals surface area contributed by atoms with Crippen molar-refractivity contribution >= 4 is 10.4 Å². The molecule has 2 heteroatoms. The van der Waals surface area contributed by atoms with E-state index in [-0.39, 0.29) is 5.54 Å². The first kappa shape index (κ1) is 11.3. The second-order valence-corrected chi connectivity index (χ2v) is 6.51. The number of hydrogen-bond donors (Lipinski definition) is 0. The van der Waals surface area contributed by atoms with E-state index in [1.165, 1.54) is 6.42 Å². The van der Waals surface area contributed by atoms with Crippen molar-refractivity contribution in [1.29, 1.82) is 0 Å². The van der Waals surface area contributed by atoms with Gasteiger partial charge in [0.1, 0.15) is 10.4 Å². The Morgan fingerprint density at radius 1 is 1.00 bits per heavy atom. The van der Waals surface area contributed by atoms with Crippen LogP contribution in [-0.4, -0.2) is 27.1 Å². The van der Waals surface area contributed by atoms with Crippen LogP contribution in [0.5, 0.6) is 0 Å². The van der Waals surface area contributed by atoms with E-state index in [0.29, 0.717) is 10.8 Å². The minimum Gasteiger partial charge on any atom is -0.321 e. The molecule has 75 valence electrons. The molecule has 0 bridgehead atoms. The Balaban J connectivity index is 3.07. The van der Waals surface area contributed by atoms with Gasteiger partial charge in [-0.1, -0.05) is 27.7 Å². The van der Waals surface area contributed by atoms with Crippen LogP contribution in [0, 0.1) is 10.8 Å². The van der Waals surface area contributed by atoms with Gasteiger partial charge >= 0.3 is 0 Å². The molecule has 0 amide bonds. The van der Waals surface area contributed by atoms with Crippen molar-refractivity contribution in [2.45, 2.75) is 53.5 Å². The molecule has 1 aliphatic rings. The van der Waals surface area contributed by atoms with Crippen LogP contribution < -0.4 is 0 Å². The molecular formula is C11H22NSi. The molecule has 0 atom stereocenters. The summed E-state index contributed by atoms with van der Waals surface area (Å²) in [6, 6.07) is 0. The van der Waals surface area contributed by atoms with Crippen molar-refractivity contribution in [3.63, 3.8) is 0 Å². The third-order valence-corrected chi connectivity index (χ3v) is 5.64. The van der Waals surface area contributed by atoms with Gasteiger partial charge in [-0.3, -0.25) is 0 Å². The first-order valence-electron chi connectivity index (χ1n) is 5.12. The standard InChI is InChI=1S/C11H22NSi/c1-9(2)7-8-12(13)11(5,6)10(9,3)4/h7-8H2,1-6H3. The van der Waals surface area contributed by atoms with Crippen molar-refractivity contribution in [2.24, 2.45) is 10.8 Å². The van der Waals surface area contributed by atoms with E-state index in [9.17, 15) is 0 Å². The molecule has 1 rings (SSSR count). The van der Waals surface area contributed by atoms with Crippen LogP contribution in [0.25, 0.3) is 0 Å². The summed E-state index contributed by atoms with van der Waals surface area (Å²) in [5.74, 6) is 0. The third-order valence-electron chi connectivity index (χ3n) is 4.86. The van der Waals surface area contributed by atoms with Crippen LogP contribution in [0.3, 0.4) is 0 Å². The van der Waals surface area contributed by atoms with E-state index in [4.69, 9.17) is 0 Å². The topological polar surface area (TPSA) is 3.24 Å². The SMILES string of the molecule is CC1(C)CCN([Si])C(C)(C)C1(C)C. The van der Waals surface area contributed by atoms with Gasteiger partial charge in [0, 0.05) is 5.54 Å². The van der Waals surface area contributed by atoms with E-state index in [1.54, 1.807) is 0 Å². The Kier molecular flexibility index (Phi) is 2.45.